The fraction of sp³-hybridized carbons (Fsp3) is 0.320. The highest BCUT2D eigenvalue weighted by atomic mass is 16.6. The van der Waals surface area contributed by atoms with Crippen LogP contribution in [0.2, 0.25) is 0 Å². The van der Waals surface area contributed by atoms with Gasteiger partial charge in [-0.1, -0.05) is 27.0 Å². The van der Waals surface area contributed by atoms with Gasteiger partial charge in [0.2, 0.25) is 12.2 Å². The first-order valence-corrected chi connectivity index (χ1v) is 9.97. The summed E-state index contributed by atoms with van der Waals surface area (Å²) in [6, 6.07) is 13.5. The third kappa shape index (κ3) is 12.0. The lowest BCUT2D eigenvalue weighted by atomic mass is 10.3. The average molecular weight is 481 g/mol. The molecule has 2 aromatic carbocycles. The third-order valence-electron chi connectivity index (χ3n) is 4.14. The molecule has 0 bridgehead atoms. The smallest absolute Gasteiger partial charge is 0.411 e. The van der Waals surface area contributed by atoms with Crippen molar-refractivity contribution in [2.75, 3.05) is 25.1 Å². The number of nitrogens with one attached hydrogen (secondary N) is 1. The molecule has 10 heteroatoms. The Morgan fingerprint density at radius 2 is 1.51 bits per heavy atom. The largest absolute Gasteiger partial charge is 0.446 e. The molecule has 2 saturated heterocycles. The maximum Gasteiger partial charge on any atom is 0.411 e. The zero-order valence-electron chi connectivity index (χ0n) is 17.5. The van der Waals surface area contributed by atoms with Crippen molar-refractivity contribution in [1.82, 2.24) is 0 Å². The zero-order valence-corrected chi connectivity index (χ0v) is 17.5. The monoisotopic (exact) mass is 480 g/mol. The van der Waals surface area contributed by atoms with Crippen LogP contribution in [0.4, 0.5) is 27.5 Å². The zero-order chi connectivity index (χ0) is 23.3. The van der Waals surface area contributed by atoms with Crippen molar-refractivity contribution in [2.45, 2.75) is 33.5 Å². The molecule has 0 saturated carbocycles. The van der Waals surface area contributed by atoms with Gasteiger partial charge in [-0.15, -0.1) is 0 Å². The number of hydrogen-bond acceptors (Lipinski definition) is 9. The molecule has 2 fully saturated rings. The lowest BCUT2D eigenvalue weighted by Gasteiger charge is -2.05. The van der Waals surface area contributed by atoms with E-state index in [1.807, 2.05) is 12.1 Å². The van der Waals surface area contributed by atoms with Crippen LogP contribution in [0.25, 0.3) is 0 Å². The van der Waals surface area contributed by atoms with Gasteiger partial charge in [-0.2, -0.15) is 9.98 Å². The van der Waals surface area contributed by atoms with Crippen LogP contribution >= 0.6 is 0 Å². The standard InChI is InChI=1S/C12H10N2O2.C11H10N2O4.2CH4/c15-9-14-11-4-1-3-10(7-11)13-6-2-5-12-8-16-12;14-7-12-8-2-1-3-9(4-8)13-11(15)17-6-10-5-16-10;;/h1-4,7,12H,5,8H2;1-4,10H,5-6H2,(H,13,15);2*1H4. The number of isocyanates is 2. The number of ether oxygens (including phenoxy) is 3. The molecule has 2 aromatic rings. The molecule has 0 aliphatic carbocycles. The molecular weight excluding hydrogens is 452 g/mol. The Balaban J connectivity index is 0.000000332. The van der Waals surface area contributed by atoms with E-state index in [1.165, 1.54) is 12.2 Å². The molecule has 184 valence electrons. The lowest BCUT2D eigenvalue weighted by molar-refractivity contribution is 0.150. The first kappa shape index (κ1) is 28.9. The molecular formula is C25H28N4O6. The number of hydrogen-bond donors (Lipinski definition) is 1. The highest BCUT2D eigenvalue weighted by Gasteiger charge is 2.24. The van der Waals surface area contributed by atoms with Crippen LogP contribution < -0.4 is 5.32 Å². The summed E-state index contributed by atoms with van der Waals surface area (Å²) >= 11 is 0. The number of rotatable bonds is 8. The van der Waals surface area contributed by atoms with E-state index in [-0.39, 0.29) is 27.6 Å². The van der Waals surface area contributed by atoms with Gasteiger partial charge < -0.3 is 14.2 Å². The summed E-state index contributed by atoms with van der Waals surface area (Å²) in [5, 5.41) is 2.52. The third-order valence-corrected chi connectivity index (χ3v) is 4.14. The Hall–Kier alpha value is -4.16. The topological polar surface area (TPSA) is 135 Å². The molecule has 2 heterocycles. The van der Waals surface area contributed by atoms with E-state index in [1.54, 1.807) is 42.5 Å². The van der Waals surface area contributed by atoms with Gasteiger partial charge in [0.05, 0.1) is 36.4 Å². The van der Waals surface area contributed by atoms with Crippen LogP contribution in [0.3, 0.4) is 0 Å². The molecule has 2 aliphatic heterocycles. The number of benzene rings is 2. The van der Waals surface area contributed by atoms with Crippen LogP contribution in [-0.2, 0) is 23.8 Å². The van der Waals surface area contributed by atoms with Crippen LogP contribution in [0.1, 0.15) is 21.3 Å². The number of anilines is 1. The minimum absolute atomic E-state index is 0. The SMILES string of the molecule is C.C.O=C=Nc1cccc(N=C=CCC2CO2)c1.O=C=Nc1cccc(NC(=O)OCC2CO2)c1. The molecule has 0 aromatic heterocycles. The van der Waals surface area contributed by atoms with Gasteiger partial charge in [0.25, 0.3) is 0 Å². The minimum atomic E-state index is -0.562. The molecule has 2 atom stereocenters. The predicted octanol–water partition coefficient (Wildman–Crippen LogP) is 5.17. The minimum Gasteiger partial charge on any atom is -0.446 e. The van der Waals surface area contributed by atoms with E-state index >= 15 is 0 Å². The van der Waals surface area contributed by atoms with Crippen LogP contribution in [-0.4, -0.2) is 56.2 Å². The molecule has 10 nitrogen and oxygen atoms in total. The average Bonchev–Trinajstić information content (AvgIpc) is 3.73. The molecule has 2 aliphatic rings. The summed E-state index contributed by atoms with van der Waals surface area (Å²) in [4.78, 5) is 42.5. The number of epoxide rings is 2. The first-order valence-electron chi connectivity index (χ1n) is 9.97. The summed E-state index contributed by atoms with van der Waals surface area (Å²) < 4.78 is 14.8. The Bertz CT molecular complexity index is 1120. The van der Waals surface area contributed by atoms with Gasteiger partial charge in [-0.05, 0) is 48.3 Å². The van der Waals surface area contributed by atoms with Crippen LogP contribution in [0.15, 0.2) is 69.6 Å². The summed E-state index contributed by atoms with van der Waals surface area (Å²) in [6.07, 6.45) is 5.43. The van der Waals surface area contributed by atoms with Gasteiger partial charge in [0, 0.05) is 12.1 Å². The van der Waals surface area contributed by atoms with E-state index in [0.29, 0.717) is 35.5 Å². The summed E-state index contributed by atoms with van der Waals surface area (Å²) in [7, 11) is 0. The van der Waals surface area contributed by atoms with E-state index in [0.717, 1.165) is 13.0 Å². The van der Waals surface area contributed by atoms with Gasteiger partial charge in [0.15, 0.2) is 0 Å². The van der Waals surface area contributed by atoms with Crippen molar-refractivity contribution >= 4 is 46.9 Å². The maximum atomic E-state index is 11.3. The lowest BCUT2D eigenvalue weighted by Crippen LogP contribution is -2.16. The Kier molecular flexibility index (Phi) is 12.9. The molecule has 0 radical (unpaired) electrons. The van der Waals surface area contributed by atoms with Crippen molar-refractivity contribution in [3.05, 3.63) is 54.6 Å². The Morgan fingerprint density at radius 1 is 0.943 bits per heavy atom. The van der Waals surface area contributed by atoms with Crippen molar-refractivity contribution in [3.8, 4) is 0 Å². The number of nitrogens with zero attached hydrogens (tertiary/aromatic N) is 3. The fourth-order valence-electron chi connectivity index (χ4n) is 2.39. The van der Waals surface area contributed by atoms with Crippen molar-refractivity contribution in [3.63, 3.8) is 0 Å². The summed E-state index contributed by atoms with van der Waals surface area (Å²) in [5.41, 5.74) is 2.18. The molecule has 4 rings (SSSR count). The van der Waals surface area contributed by atoms with Crippen molar-refractivity contribution in [1.29, 1.82) is 0 Å². The Labute approximate surface area is 204 Å². The van der Waals surface area contributed by atoms with E-state index < -0.39 is 6.09 Å². The summed E-state index contributed by atoms with van der Waals surface area (Å²) in [5.74, 6) is 2.82. The predicted molar refractivity (Wildman–Crippen MR) is 133 cm³/mol. The first-order chi connectivity index (χ1) is 16.2. The van der Waals surface area contributed by atoms with Gasteiger partial charge in [-0.3, -0.25) is 5.32 Å². The molecule has 1 amide bonds. The van der Waals surface area contributed by atoms with Gasteiger partial charge >= 0.3 is 6.09 Å². The normalized spacial score (nSPS) is 15.9. The van der Waals surface area contributed by atoms with Crippen molar-refractivity contribution in [2.24, 2.45) is 15.0 Å². The maximum absolute atomic E-state index is 11.3. The van der Waals surface area contributed by atoms with E-state index in [9.17, 15) is 14.4 Å². The van der Waals surface area contributed by atoms with Crippen LogP contribution in [0, 0.1) is 0 Å². The highest BCUT2D eigenvalue weighted by molar-refractivity contribution is 5.85. The number of carbonyl (C=O) groups is 1. The fourth-order valence-corrected chi connectivity index (χ4v) is 2.39. The number of amides is 1. The van der Waals surface area contributed by atoms with Crippen LogP contribution in [0.5, 0.6) is 0 Å². The molecule has 35 heavy (non-hydrogen) atoms. The second-order valence-corrected chi connectivity index (χ2v) is 6.79. The number of carbonyl (C=O) groups excluding carboxylic acids is 3. The Morgan fingerprint density at radius 3 is 2.11 bits per heavy atom. The highest BCUT2D eigenvalue weighted by Crippen LogP contribution is 2.20. The number of aliphatic imine (C=N–C) groups is 3. The van der Waals surface area contributed by atoms with Crippen molar-refractivity contribution < 1.29 is 28.6 Å². The quantitative estimate of drug-likeness (QED) is 0.314. The molecule has 2 unspecified atom stereocenters. The van der Waals surface area contributed by atoms with Gasteiger partial charge in [-0.25, -0.2) is 19.4 Å². The molecule has 1 N–H and O–H groups in total. The second-order valence-electron chi connectivity index (χ2n) is 6.79. The van der Waals surface area contributed by atoms with E-state index in [4.69, 9.17) is 14.2 Å². The van der Waals surface area contributed by atoms with Gasteiger partial charge in [0.1, 0.15) is 12.7 Å². The molecule has 0 spiro atoms. The summed E-state index contributed by atoms with van der Waals surface area (Å²) in [6.45, 7) is 1.72. The van der Waals surface area contributed by atoms with E-state index in [2.05, 4.69) is 26.2 Å². The second kappa shape index (κ2) is 15.6.